The summed E-state index contributed by atoms with van der Waals surface area (Å²) in [5.41, 5.74) is 0.867. The van der Waals surface area contributed by atoms with Crippen molar-refractivity contribution in [3.8, 4) is 0 Å². The van der Waals surface area contributed by atoms with Crippen LogP contribution in [-0.2, 0) is 10.0 Å². The smallest absolute Gasteiger partial charge is 0.238 e. The van der Waals surface area contributed by atoms with E-state index in [1.54, 1.807) is 23.5 Å². The summed E-state index contributed by atoms with van der Waals surface area (Å²) in [6.45, 7) is 4.14. The first-order chi connectivity index (χ1) is 8.86. The van der Waals surface area contributed by atoms with Gasteiger partial charge in [0.2, 0.25) is 10.0 Å². The first kappa shape index (κ1) is 14.0. The number of primary sulfonamides is 1. The van der Waals surface area contributed by atoms with Crippen molar-refractivity contribution >= 4 is 27.0 Å². The van der Waals surface area contributed by atoms with Crippen LogP contribution in [0.5, 0.6) is 0 Å². The molecular formula is C13H16N2O2S2. The minimum atomic E-state index is -3.62. The predicted octanol–water partition coefficient (Wildman–Crippen LogP) is 2.88. The second kappa shape index (κ2) is 5.32. The number of rotatable bonds is 4. The summed E-state index contributed by atoms with van der Waals surface area (Å²) in [7, 11) is -3.62. The summed E-state index contributed by atoms with van der Waals surface area (Å²) >= 11 is 1.74. The molecule has 1 heterocycles. The molecule has 1 aromatic heterocycles. The molecule has 6 heteroatoms. The van der Waals surface area contributed by atoms with Crippen molar-refractivity contribution in [2.75, 3.05) is 5.32 Å². The van der Waals surface area contributed by atoms with Crippen molar-refractivity contribution in [2.24, 2.45) is 5.14 Å². The Morgan fingerprint density at radius 3 is 2.26 bits per heavy atom. The van der Waals surface area contributed by atoms with Crippen LogP contribution < -0.4 is 10.5 Å². The van der Waals surface area contributed by atoms with Crippen LogP contribution in [0.2, 0.25) is 0 Å². The van der Waals surface area contributed by atoms with E-state index in [-0.39, 0.29) is 10.9 Å². The Balaban J connectivity index is 2.12. The third kappa shape index (κ3) is 3.56. The van der Waals surface area contributed by atoms with Gasteiger partial charge in [0.1, 0.15) is 0 Å². The van der Waals surface area contributed by atoms with Crippen LogP contribution in [-0.4, -0.2) is 8.42 Å². The number of benzene rings is 1. The SMILES string of the molecule is Cc1ccc(C(C)Nc2ccc(S(N)(=O)=O)cc2)s1. The first-order valence-corrected chi connectivity index (χ1v) is 8.18. The van der Waals surface area contributed by atoms with Crippen molar-refractivity contribution in [3.05, 3.63) is 46.2 Å². The van der Waals surface area contributed by atoms with Gasteiger partial charge < -0.3 is 5.32 Å². The van der Waals surface area contributed by atoms with Crippen LogP contribution in [0.15, 0.2) is 41.3 Å². The summed E-state index contributed by atoms with van der Waals surface area (Å²) in [5, 5.41) is 8.38. The molecule has 4 nitrogen and oxygen atoms in total. The lowest BCUT2D eigenvalue weighted by Gasteiger charge is -2.13. The second-order valence-electron chi connectivity index (χ2n) is 4.38. The van der Waals surface area contributed by atoms with Gasteiger partial charge in [0.15, 0.2) is 0 Å². The Bertz CT molecular complexity index is 660. The number of hydrogen-bond acceptors (Lipinski definition) is 4. The Morgan fingerprint density at radius 2 is 1.79 bits per heavy atom. The fourth-order valence-corrected chi connectivity index (χ4v) is 3.14. The average Bonchev–Trinajstić information content (AvgIpc) is 2.75. The zero-order valence-electron chi connectivity index (χ0n) is 10.8. The van der Waals surface area contributed by atoms with Gasteiger partial charge in [-0.05, 0) is 50.2 Å². The van der Waals surface area contributed by atoms with Crippen molar-refractivity contribution < 1.29 is 8.42 Å². The summed E-state index contributed by atoms with van der Waals surface area (Å²) < 4.78 is 22.3. The number of thiophene rings is 1. The minimum Gasteiger partial charge on any atom is -0.378 e. The molecule has 3 N–H and O–H groups in total. The van der Waals surface area contributed by atoms with Crippen molar-refractivity contribution in [1.82, 2.24) is 0 Å². The average molecular weight is 296 g/mol. The second-order valence-corrected chi connectivity index (χ2v) is 7.26. The number of nitrogens with one attached hydrogen (secondary N) is 1. The van der Waals surface area contributed by atoms with Crippen molar-refractivity contribution in [2.45, 2.75) is 24.8 Å². The van der Waals surface area contributed by atoms with E-state index >= 15 is 0 Å². The van der Waals surface area contributed by atoms with E-state index in [1.165, 1.54) is 21.9 Å². The van der Waals surface area contributed by atoms with Crippen LogP contribution in [0.3, 0.4) is 0 Å². The van der Waals surface area contributed by atoms with E-state index < -0.39 is 10.0 Å². The zero-order valence-corrected chi connectivity index (χ0v) is 12.4. The van der Waals surface area contributed by atoms with E-state index in [0.717, 1.165) is 5.69 Å². The van der Waals surface area contributed by atoms with Gasteiger partial charge in [-0.2, -0.15) is 0 Å². The highest BCUT2D eigenvalue weighted by Gasteiger charge is 2.09. The van der Waals surface area contributed by atoms with Gasteiger partial charge in [0, 0.05) is 15.4 Å². The lowest BCUT2D eigenvalue weighted by atomic mass is 10.2. The summed E-state index contributed by atoms with van der Waals surface area (Å²) in [4.78, 5) is 2.64. The number of hydrogen-bond donors (Lipinski definition) is 2. The summed E-state index contributed by atoms with van der Waals surface area (Å²) in [6, 6.07) is 10.8. The highest BCUT2D eigenvalue weighted by Crippen LogP contribution is 2.26. The topological polar surface area (TPSA) is 72.2 Å². The molecule has 0 radical (unpaired) electrons. The molecule has 102 valence electrons. The highest BCUT2D eigenvalue weighted by molar-refractivity contribution is 7.89. The molecule has 0 saturated heterocycles. The minimum absolute atomic E-state index is 0.123. The van der Waals surface area contributed by atoms with Crippen molar-refractivity contribution in [3.63, 3.8) is 0 Å². The first-order valence-electron chi connectivity index (χ1n) is 5.82. The molecule has 1 atom stereocenters. The van der Waals surface area contributed by atoms with Gasteiger partial charge in [-0.3, -0.25) is 0 Å². The molecule has 2 rings (SSSR count). The third-order valence-electron chi connectivity index (χ3n) is 2.75. The van der Waals surface area contributed by atoms with Crippen LogP contribution in [0, 0.1) is 6.92 Å². The zero-order chi connectivity index (χ0) is 14.0. The lowest BCUT2D eigenvalue weighted by molar-refractivity contribution is 0.598. The Kier molecular flexibility index (Phi) is 3.93. The standard InChI is InChI=1S/C13H16N2O2S2/c1-9-3-8-13(18-9)10(2)15-11-4-6-12(7-5-11)19(14,16)17/h3-8,10,15H,1-2H3,(H2,14,16,17). The summed E-state index contributed by atoms with van der Waals surface area (Å²) in [6.07, 6.45) is 0. The summed E-state index contributed by atoms with van der Waals surface area (Å²) in [5.74, 6) is 0. The predicted molar refractivity (Wildman–Crippen MR) is 78.9 cm³/mol. The quantitative estimate of drug-likeness (QED) is 0.911. The van der Waals surface area contributed by atoms with E-state index in [4.69, 9.17) is 5.14 Å². The van der Waals surface area contributed by atoms with Crippen LogP contribution >= 0.6 is 11.3 Å². The molecule has 0 spiro atoms. The maximum atomic E-state index is 11.1. The molecule has 0 aliphatic heterocycles. The molecule has 1 aromatic carbocycles. The fraction of sp³-hybridized carbons (Fsp3) is 0.231. The van der Waals surface area contributed by atoms with E-state index in [9.17, 15) is 8.42 Å². The normalized spacial score (nSPS) is 13.2. The van der Waals surface area contributed by atoms with Gasteiger partial charge in [0.25, 0.3) is 0 Å². The van der Waals surface area contributed by atoms with Gasteiger partial charge in [-0.15, -0.1) is 11.3 Å². The fourth-order valence-electron chi connectivity index (χ4n) is 1.75. The number of sulfonamides is 1. The van der Waals surface area contributed by atoms with Crippen LogP contribution in [0.1, 0.15) is 22.7 Å². The molecule has 1 unspecified atom stereocenters. The van der Waals surface area contributed by atoms with Gasteiger partial charge in [-0.25, -0.2) is 13.6 Å². The third-order valence-corrected chi connectivity index (χ3v) is 4.87. The van der Waals surface area contributed by atoms with Crippen LogP contribution in [0.4, 0.5) is 5.69 Å². The highest BCUT2D eigenvalue weighted by atomic mass is 32.2. The molecule has 0 aliphatic rings. The Labute approximate surface area is 117 Å². The Morgan fingerprint density at radius 1 is 1.16 bits per heavy atom. The van der Waals surface area contributed by atoms with E-state index in [1.807, 2.05) is 0 Å². The molecule has 0 fully saturated rings. The van der Waals surface area contributed by atoms with Crippen LogP contribution in [0.25, 0.3) is 0 Å². The number of aryl methyl sites for hydroxylation is 1. The molecule has 0 amide bonds. The molecule has 2 aromatic rings. The molecular weight excluding hydrogens is 280 g/mol. The van der Waals surface area contributed by atoms with Gasteiger partial charge in [-0.1, -0.05) is 0 Å². The van der Waals surface area contributed by atoms with Crippen molar-refractivity contribution in [1.29, 1.82) is 0 Å². The maximum Gasteiger partial charge on any atom is 0.238 e. The molecule has 0 saturated carbocycles. The van der Waals surface area contributed by atoms with E-state index in [0.29, 0.717) is 0 Å². The largest absolute Gasteiger partial charge is 0.378 e. The maximum absolute atomic E-state index is 11.1. The Hall–Kier alpha value is -1.37. The van der Waals surface area contributed by atoms with E-state index in [2.05, 4.69) is 31.3 Å². The number of anilines is 1. The monoisotopic (exact) mass is 296 g/mol. The lowest BCUT2D eigenvalue weighted by Crippen LogP contribution is -2.12. The van der Waals surface area contributed by atoms with Gasteiger partial charge in [0.05, 0.1) is 10.9 Å². The number of nitrogens with two attached hydrogens (primary N) is 1. The van der Waals surface area contributed by atoms with Gasteiger partial charge >= 0.3 is 0 Å². The molecule has 0 bridgehead atoms. The molecule has 0 aliphatic carbocycles. The molecule has 19 heavy (non-hydrogen) atoms.